The van der Waals surface area contributed by atoms with Gasteiger partial charge in [-0.2, -0.15) is 0 Å². The molecule has 5 nitrogen and oxygen atoms in total. The van der Waals surface area contributed by atoms with Crippen LogP contribution in [0.4, 0.5) is 10.1 Å². The predicted octanol–water partition coefficient (Wildman–Crippen LogP) is 2.73. The van der Waals surface area contributed by atoms with Gasteiger partial charge in [0, 0.05) is 43.9 Å². The summed E-state index contributed by atoms with van der Waals surface area (Å²) in [4.78, 5) is 13.1. The maximum atomic E-state index is 13.6. The molecule has 1 fully saturated rings. The summed E-state index contributed by atoms with van der Waals surface area (Å²) < 4.78 is 13.6. The van der Waals surface area contributed by atoms with Gasteiger partial charge < -0.3 is 5.32 Å². The highest BCUT2D eigenvalue weighted by atomic mass is 19.1. The van der Waals surface area contributed by atoms with Crippen molar-refractivity contribution in [3.8, 4) is 0 Å². The van der Waals surface area contributed by atoms with Gasteiger partial charge in [-0.15, -0.1) is 0 Å². The van der Waals surface area contributed by atoms with Crippen LogP contribution in [0.2, 0.25) is 0 Å². The van der Waals surface area contributed by atoms with E-state index in [9.17, 15) is 14.5 Å². The summed E-state index contributed by atoms with van der Waals surface area (Å²) in [6.07, 6.45) is 0.782. The molecule has 1 atom stereocenters. The van der Waals surface area contributed by atoms with Gasteiger partial charge in [0.25, 0.3) is 5.69 Å². The second-order valence-corrected chi connectivity index (χ2v) is 5.89. The molecule has 0 aliphatic carbocycles. The van der Waals surface area contributed by atoms with E-state index in [-0.39, 0.29) is 11.7 Å². The minimum atomic E-state index is -0.417. The first kappa shape index (κ1) is 15.9. The molecule has 6 heteroatoms. The van der Waals surface area contributed by atoms with E-state index in [0.29, 0.717) is 11.5 Å². The van der Waals surface area contributed by atoms with Crippen LogP contribution in [-0.2, 0) is 0 Å². The van der Waals surface area contributed by atoms with E-state index in [1.807, 2.05) is 0 Å². The van der Waals surface area contributed by atoms with E-state index in [2.05, 4.69) is 24.1 Å². The Balaban J connectivity index is 2.39. The van der Waals surface area contributed by atoms with Crippen molar-refractivity contribution < 1.29 is 9.31 Å². The Hall–Kier alpha value is -1.53. The number of nitro groups is 1. The molecule has 21 heavy (non-hydrogen) atoms. The van der Waals surface area contributed by atoms with Crippen molar-refractivity contribution in [2.45, 2.75) is 26.3 Å². The maximum Gasteiger partial charge on any atom is 0.274 e. The van der Waals surface area contributed by atoms with Gasteiger partial charge in [0.2, 0.25) is 0 Å². The summed E-state index contributed by atoms with van der Waals surface area (Å²) in [7, 11) is 0. The van der Waals surface area contributed by atoms with Crippen LogP contribution >= 0.6 is 0 Å². The molecule has 1 aromatic rings. The monoisotopic (exact) mass is 295 g/mol. The Kier molecular flexibility index (Phi) is 5.25. The van der Waals surface area contributed by atoms with Crippen LogP contribution in [0.15, 0.2) is 18.2 Å². The topological polar surface area (TPSA) is 58.4 Å². The van der Waals surface area contributed by atoms with Gasteiger partial charge in [0.15, 0.2) is 0 Å². The molecule has 1 aromatic carbocycles. The summed E-state index contributed by atoms with van der Waals surface area (Å²) in [5.74, 6) is -0.0350. The van der Waals surface area contributed by atoms with Crippen LogP contribution in [0.5, 0.6) is 0 Å². The predicted molar refractivity (Wildman–Crippen MR) is 79.7 cm³/mol. The van der Waals surface area contributed by atoms with E-state index in [1.54, 1.807) is 0 Å². The Morgan fingerprint density at radius 2 is 2.05 bits per heavy atom. The highest BCUT2D eigenvalue weighted by Gasteiger charge is 2.29. The first-order chi connectivity index (χ1) is 9.99. The smallest absolute Gasteiger partial charge is 0.274 e. The van der Waals surface area contributed by atoms with E-state index < -0.39 is 10.7 Å². The minimum absolute atomic E-state index is 0.0144. The Bertz CT molecular complexity index is 502. The highest BCUT2D eigenvalue weighted by molar-refractivity contribution is 5.42. The Morgan fingerprint density at radius 3 is 2.62 bits per heavy atom. The summed E-state index contributed by atoms with van der Waals surface area (Å²) in [6.45, 7) is 7.53. The number of rotatable bonds is 5. The van der Waals surface area contributed by atoms with E-state index in [1.165, 1.54) is 12.1 Å². The number of nitrogens with one attached hydrogen (secondary N) is 1. The van der Waals surface area contributed by atoms with Crippen molar-refractivity contribution in [3.05, 3.63) is 39.7 Å². The molecule has 1 N–H and O–H groups in total. The molecule has 0 amide bonds. The SMILES string of the molecule is CC(C)C[C@@H](c1cc(F)ccc1[N+](=O)[O-])N1CCNCC1. The van der Waals surface area contributed by atoms with Crippen molar-refractivity contribution >= 4 is 5.69 Å². The zero-order valence-corrected chi connectivity index (χ0v) is 12.5. The number of nitro benzene ring substituents is 1. The lowest BCUT2D eigenvalue weighted by molar-refractivity contribution is -0.386. The molecule has 1 saturated heterocycles. The molecule has 1 heterocycles. The summed E-state index contributed by atoms with van der Waals surface area (Å²) >= 11 is 0. The van der Waals surface area contributed by atoms with Crippen molar-refractivity contribution in [1.29, 1.82) is 0 Å². The molecule has 1 aliphatic heterocycles. The number of halogens is 1. The normalized spacial score (nSPS) is 17.9. The third-order valence-corrected chi connectivity index (χ3v) is 3.83. The van der Waals surface area contributed by atoms with Gasteiger partial charge in [0.1, 0.15) is 5.82 Å². The number of piperazine rings is 1. The molecular weight excluding hydrogens is 273 g/mol. The second kappa shape index (κ2) is 6.95. The van der Waals surface area contributed by atoms with Gasteiger partial charge in [0.05, 0.1) is 4.92 Å². The van der Waals surface area contributed by atoms with Gasteiger partial charge in [-0.05, 0) is 24.5 Å². The summed E-state index contributed by atoms with van der Waals surface area (Å²) in [5.41, 5.74) is 0.510. The zero-order chi connectivity index (χ0) is 15.4. The molecule has 2 rings (SSSR count). The lowest BCUT2D eigenvalue weighted by atomic mass is 9.93. The lowest BCUT2D eigenvalue weighted by Crippen LogP contribution is -2.45. The lowest BCUT2D eigenvalue weighted by Gasteiger charge is -2.35. The van der Waals surface area contributed by atoms with E-state index in [4.69, 9.17) is 0 Å². The number of hydrogen-bond acceptors (Lipinski definition) is 4. The maximum absolute atomic E-state index is 13.6. The van der Waals surface area contributed by atoms with Crippen LogP contribution in [0.3, 0.4) is 0 Å². The average Bonchev–Trinajstić information content (AvgIpc) is 2.45. The Morgan fingerprint density at radius 1 is 1.38 bits per heavy atom. The molecule has 0 saturated carbocycles. The third kappa shape index (κ3) is 3.98. The van der Waals surface area contributed by atoms with Crippen LogP contribution in [-0.4, -0.2) is 36.0 Å². The van der Waals surface area contributed by atoms with E-state index >= 15 is 0 Å². The summed E-state index contributed by atoms with van der Waals surface area (Å²) in [5, 5.41) is 14.5. The fourth-order valence-corrected chi connectivity index (χ4v) is 2.87. The van der Waals surface area contributed by atoms with Crippen molar-refractivity contribution in [2.75, 3.05) is 26.2 Å². The standard InChI is InChI=1S/C15H22FN3O2/c1-11(2)9-15(18-7-5-17-6-8-18)13-10-12(16)3-4-14(13)19(20)21/h3-4,10-11,15,17H,5-9H2,1-2H3/t15-/m0/s1. The quantitative estimate of drug-likeness (QED) is 0.670. The average molecular weight is 295 g/mol. The number of hydrogen-bond donors (Lipinski definition) is 1. The first-order valence-corrected chi connectivity index (χ1v) is 7.37. The fourth-order valence-electron chi connectivity index (χ4n) is 2.87. The van der Waals surface area contributed by atoms with Crippen molar-refractivity contribution in [1.82, 2.24) is 10.2 Å². The minimum Gasteiger partial charge on any atom is -0.314 e. The van der Waals surface area contributed by atoms with Crippen LogP contribution in [0.25, 0.3) is 0 Å². The van der Waals surface area contributed by atoms with E-state index in [0.717, 1.165) is 38.7 Å². The molecule has 0 unspecified atom stereocenters. The van der Waals surface area contributed by atoms with Gasteiger partial charge in [-0.1, -0.05) is 13.8 Å². The van der Waals surface area contributed by atoms with Crippen LogP contribution < -0.4 is 5.32 Å². The molecule has 0 spiro atoms. The Labute approximate surface area is 124 Å². The van der Waals surface area contributed by atoms with Crippen molar-refractivity contribution in [3.63, 3.8) is 0 Å². The highest BCUT2D eigenvalue weighted by Crippen LogP contribution is 2.34. The van der Waals surface area contributed by atoms with Crippen molar-refractivity contribution in [2.24, 2.45) is 5.92 Å². The largest absolute Gasteiger partial charge is 0.314 e. The fraction of sp³-hybridized carbons (Fsp3) is 0.600. The third-order valence-electron chi connectivity index (χ3n) is 3.83. The molecule has 116 valence electrons. The summed E-state index contributed by atoms with van der Waals surface area (Å²) in [6, 6.07) is 3.65. The van der Waals surface area contributed by atoms with Gasteiger partial charge >= 0.3 is 0 Å². The zero-order valence-electron chi connectivity index (χ0n) is 12.5. The van der Waals surface area contributed by atoms with Crippen LogP contribution in [0, 0.1) is 21.8 Å². The van der Waals surface area contributed by atoms with Gasteiger partial charge in [-0.25, -0.2) is 4.39 Å². The van der Waals surface area contributed by atoms with Gasteiger partial charge in [-0.3, -0.25) is 15.0 Å². The molecule has 0 radical (unpaired) electrons. The molecular formula is C15H22FN3O2. The number of nitrogens with zero attached hydrogens (tertiary/aromatic N) is 2. The molecule has 0 bridgehead atoms. The first-order valence-electron chi connectivity index (χ1n) is 7.37. The molecule has 0 aromatic heterocycles. The number of benzene rings is 1. The molecule has 1 aliphatic rings. The van der Waals surface area contributed by atoms with Crippen LogP contribution in [0.1, 0.15) is 31.9 Å². The second-order valence-electron chi connectivity index (χ2n) is 5.89.